The van der Waals surface area contributed by atoms with Gasteiger partial charge in [0.2, 0.25) is 5.91 Å². The molecule has 1 heterocycles. The average Bonchev–Trinajstić information content (AvgIpc) is 2.75. The first-order valence-electron chi connectivity index (χ1n) is 9.91. The minimum atomic E-state index is -4.45. The molecule has 1 atom stereocenters. The second-order valence-electron chi connectivity index (χ2n) is 7.44. The zero-order valence-corrected chi connectivity index (χ0v) is 17.4. The van der Waals surface area contributed by atoms with E-state index in [-0.39, 0.29) is 35.8 Å². The molecule has 1 aliphatic heterocycles. The fourth-order valence-corrected chi connectivity index (χ4v) is 3.55. The lowest BCUT2D eigenvalue weighted by Gasteiger charge is -2.34. The number of carbonyl (C=O) groups excluding carboxylic acids is 3. The molecule has 6 nitrogen and oxygen atoms in total. The molecule has 0 saturated carbocycles. The maximum absolute atomic E-state index is 12.8. The van der Waals surface area contributed by atoms with Gasteiger partial charge < -0.3 is 14.5 Å². The van der Waals surface area contributed by atoms with Gasteiger partial charge in [-0.25, -0.2) is 0 Å². The van der Waals surface area contributed by atoms with E-state index in [4.69, 9.17) is 4.74 Å². The van der Waals surface area contributed by atoms with Gasteiger partial charge in [0.1, 0.15) is 0 Å². The minimum absolute atomic E-state index is 0.0603. The molecule has 0 N–H and O–H groups in total. The van der Waals surface area contributed by atoms with Crippen LogP contribution < -0.4 is 0 Å². The quantitative estimate of drug-likeness (QED) is 0.653. The van der Waals surface area contributed by atoms with Gasteiger partial charge in [-0.15, -0.1) is 0 Å². The summed E-state index contributed by atoms with van der Waals surface area (Å²) in [5, 5.41) is 0. The fraction of sp³-hybridized carbons (Fsp3) is 0.571. The van der Waals surface area contributed by atoms with Crippen molar-refractivity contribution in [3.63, 3.8) is 0 Å². The summed E-state index contributed by atoms with van der Waals surface area (Å²) in [6.07, 6.45) is -3.51. The SMILES string of the molecule is CCN(CC(C)C(=O)OC)C(=O)C1CCN(C(=O)c2ccc(C(F)(F)F)cc2)CC1. The second kappa shape index (κ2) is 9.95. The van der Waals surface area contributed by atoms with E-state index in [1.165, 1.54) is 19.2 Å². The molecule has 1 aromatic carbocycles. The average molecular weight is 428 g/mol. The summed E-state index contributed by atoms with van der Waals surface area (Å²) in [7, 11) is 1.31. The number of piperidine rings is 1. The number of halogens is 3. The Morgan fingerprint density at radius 1 is 1.17 bits per heavy atom. The third-order valence-corrected chi connectivity index (χ3v) is 5.38. The smallest absolute Gasteiger partial charge is 0.416 e. The number of likely N-dealkylation sites (tertiary alicyclic amines) is 1. The van der Waals surface area contributed by atoms with Crippen molar-refractivity contribution in [2.45, 2.75) is 32.9 Å². The van der Waals surface area contributed by atoms with Gasteiger partial charge in [0.25, 0.3) is 5.91 Å². The molecule has 1 aliphatic rings. The van der Waals surface area contributed by atoms with Crippen LogP contribution in [0.25, 0.3) is 0 Å². The van der Waals surface area contributed by atoms with Gasteiger partial charge in [-0.1, -0.05) is 6.92 Å². The molecule has 1 aromatic rings. The predicted molar refractivity (Wildman–Crippen MR) is 104 cm³/mol. The third kappa shape index (κ3) is 5.73. The molecule has 0 aliphatic carbocycles. The molecular formula is C21H27F3N2O4. The molecule has 1 fully saturated rings. The molecule has 1 saturated heterocycles. The summed E-state index contributed by atoms with van der Waals surface area (Å²) >= 11 is 0. The van der Waals surface area contributed by atoms with Gasteiger partial charge in [-0.05, 0) is 44.0 Å². The molecule has 0 spiro atoms. The van der Waals surface area contributed by atoms with Crippen LogP contribution in [0.4, 0.5) is 13.2 Å². The molecule has 0 aromatic heterocycles. The number of ether oxygens (including phenoxy) is 1. The zero-order chi connectivity index (χ0) is 22.5. The van der Waals surface area contributed by atoms with E-state index < -0.39 is 17.7 Å². The van der Waals surface area contributed by atoms with Crippen molar-refractivity contribution in [1.82, 2.24) is 9.80 Å². The van der Waals surface area contributed by atoms with Crippen LogP contribution >= 0.6 is 0 Å². The van der Waals surface area contributed by atoms with Crippen molar-refractivity contribution < 1.29 is 32.3 Å². The molecular weight excluding hydrogens is 401 g/mol. The van der Waals surface area contributed by atoms with E-state index in [0.29, 0.717) is 32.5 Å². The summed E-state index contributed by atoms with van der Waals surface area (Å²) in [5.41, 5.74) is -0.612. The Bertz CT molecular complexity index is 757. The Balaban J connectivity index is 1.94. The van der Waals surface area contributed by atoms with E-state index in [1.807, 2.05) is 6.92 Å². The number of methoxy groups -OCH3 is 1. The van der Waals surface area contributed by atoms with E-state index in [0.717, 1.165) is 12.1 Å². The number of nitrogens with zero attached hydrogens (tertiary/aromatic N) is 2. The molecule has 0 radical (unpaired) electrons. The zero-order valence-electron chi connectivity index (χ0n) is 17.4. The normalized spacial score (nSPS) is 16.1. The summed E-state index contributed by atoms with van der Waals surface area (Å²) < 4.78 is 42.7. The Labute approximate surface area is 174 Å². The topological polar surface area (TPSA) is 66.9 Å². The van der Waals surface area contributed by atoms with Crippen LogP contribution in [0.3, 0.4) is 0 Å². The van der Waals surface area contributed by atoms with Crippen molar-refractivity contribution in [3.05, 3.63) is 35.4 Å². The minimum Gasteiger partial charge on any atom is -0.469 e. The molecule has 2 rings (SSSR count). The van der Waals surface area contributed by atoms with Crippen molar-refractivity contribution >= 4 is 17.8 Å². The Kier molecular flexibility index (Phi) is 7.86. The van der Waals surface area contributed by atoms with Gasteiger partial charge >= 0.3 is 12.1 Å². The fourth-order valence-electron chi connectivity index (χ4n) is 3.55. The van der Waals surface area contributed by atoms with Crippen molar-refractivity contribution in [1.29, 1.82) is 0 Å². The summed E-state index contributed by atoms with van der Waals surface area (Å²) in [6.45, 7) is 4.97. The van der Waals surface area contributed by atoms with Crippen LogP contribution in [0.2, 0.25) is 0 Å². The highest BCUT2D eigenvalue weighted by Gasteiger charge is 2.33. The standard InChI is InChI=1S/C21H27F3N2O4/c1-4-25(13-14(2)20(29)30-3)18(27)16-9-11-26(12-10-16)19(28)15-5-7-17(8-6-15)21(22,23)24/h5-8,14,16H,4,9-13H2,1-3H3. The van der Waals surface area contributed by atoms with Gasteiger partial charge in [0.15, 0.2) is 0 Å². The second-order valence-corrected chi connectivity index (χ2v) is 7.44. The monoisotopic (exact) mass is 428 g/mol. The van der Waals surface area contributed by atoms with E-state index in [9.17, 15) is 27.6 Å². The van der Waals surface area contributed by atoms with E-state index in [2.05, 4.69) is 0 Å². The summed E-state index contributed by atoms with van der Waals surface area (Å²) in [4.78, 5) is 40.2. The highest BCUT2D eigenvalue weighted by Crippen LogP contribution is 2.29. The van der Waals surface area contributed by atoms with Crippen molar-refractivity contribution in [2.75, 3.05) is 33.3 Å². The first-order chi connectivity index (χ1) is 14.1. The van der Waals surface area contributed by atoms with Gasteiger partial charge in [-0.2, -0.15) is 13.2 Å². The van der Waals surface area contributed by atoms with Crippen LogP contribution in [-0.4, -0.2) is 60.9 Å². The van der Waals surface area contributed by atoms with Crippen molar-refractivity contribution in [3.8, 4) is 0 Å². The Hall–Kier alpha value is -2.58. The summed E-state index contributed by atoms with van der Waals surface area (Å²) in [5.74, 6) is -1.47. The van der Waals surface area contributed by atoms with Crippen LogP contribution in [0, 0.1) is 11.8 Å². The van der Waals surface area contributed by atoms with E-state index >= 15 is 0 Å². The predicted octanol–water partition coefficient (Wildman–Crippen LogP) is 3.22. The van der Waals surface area contributed by atoms with Gasteiger partial charge in [0.05, 0.1) is 18.6 Å². The number of rotatable bonds is 6. The number of hydrogen-bond donors (Lipinski definition) is 0. The number of esters is 1. The highest BCUT2D eigenvalue weighted by atomic mass is 19.4. The summed E-state index contributed by atoms with van der Waals surface area (Å²) in [6, 6.07) is 4.14. The number of carbonyl (C=O) groups is 3. The van der Waals surface area contributed by atoms with Crippen LogP contribution in [0.5, 0.6) is 0 Å². The molecule has 1 unspecified atom stereocenters. The molecule has 30 heavy (non-hydrogen) atoms. The van der Waals surface area contributed by atoms with Gasteiger partial charge in [0, 0.05) is 37.7 Å². The maximum Gasteiger partial charge on any atom is 0.416 e. The number of hydrogen-bond acceptors (Lipinski definition) is 4. The largest absolute Gasteiger partial charge is 0.469 e. The number of alkyl halides is 3. The number of amides is 2. The Morgan fingerprint density at radius 2 is 1.73 bits per heavy atom. The third-order valence-electron chi connectivity index (χ3n) is 5.38. The molecule has 0 bridgehead atoms. The maximum atomic E-state index is 12.8. The van der Waals surface area contributed by atoms with E-state index in [1.54, 1.807) is 16.7 Å². The van der Waals surface area contributed by atoms with Crippen LogP contribution in [-0.2, 0) is 20.5 Å². The highest BCUT2D eigenvalue weighted by molar-refractivity contribution is 5.94. The number of benzene rings is 1. The lowest BCUT2D eigenvalue weighted by atomic mass is 9.94. The van der Waals surface area contributed by atoms with Crippen molar-refractivity contribution in [2.24, 2.45) is 11.8 Å². The lowest BCUT2D eigenvalue weighted by Crippen LogP contribution is -2.46. The lowest BCUT2D eigenvalue weighted by molar-refractivity contribution is -0.147. The first-order valence-corrected chi connectivity index (χ1v) is 9.91. The van der Waals surface area contributed by atoms with Crippen LogP contribution in [0.1, 0.15) is 42.6 Å². The molecule has 166 valence electrons. The molecule has 2 amide bonds. The Morgan fingerprint density at radius 3 is 2.20 bits per heavy atom. The van der Waals surface area contributed by atoms with Gasteiger partial charge in [-0.3, -0.25) is 14.4 Å². The molecule has 9 heteroatoms. The first kappa shape index (κ1) is 23.7. The van der Waals surface area contributed by atoms with Crippen LogP contribution in [0.15, 0.2) is 24.3 Å².